The summed E-state index contributed by atoms with van der Waals surface area (Å²) in [6.07, 6.45) is 2.82. The van der Waals surface area contributed by atoms with Gasteiger partial charge in [0.15, 0.2) is 0 Å². The first kappa shape index (κ1) is 15.5. The topological polar surface area (TPSA) is 26.3 Å². The smallest absolute Gasteiger partial charge is 0.309 e. The maximum absolute atomic E-state index is 12.0. The summed E-state index contributed by atoms with van der Waals surface area (Å²) in [5, 5.41) is 0. The van der Waals surface area contributed by atoms with Crippen molar-refractivity contribution in [2.45, 2.75) is 60.8 Å². The van der Waals surface area contributed by atoms with Gasteiger partial charge >= 0.3 is 5.97 Å². The summed E-state index contributed by atoms with van der Waals surface area (Å²) in [7, 11) is 0. The van der Waals surface area contributed by atoms with Gasteiger partial charge in [0.1, 0.15) is 0 Å². The number of esters is 1. The summed E-state index contributed by atoms with van der Waals surface area (Å²) >= 11 is 0. The average Bonchev–Trinajstić information content (AvgIpc) is 2.22. The van der Waals surface area contributed by atoms with Gasteiger partial charge in [-0.05, 0) is 24.2 Å². The first-order chi connectivity index (χ1) is 7.35. The Morgan fingerprint density at radius 1 is 1.25 bits per heavy atom. The number of hydrogen-bond donors (Lipinski definition) is 0. The predicted octanol–water partition coefficient (Wildman–Crippen LogP) is 4.04. The highest BCUT2D eigenvalue weighted by atomic mass is 16.5. The van der Waals surface area contributed by atoms with Crippen LogP contribution >= 0.6 is 0 Å². The molecule has 0 saturated heterocycles. The molecule has 0 rings (SSSR count). The first-order valence-electron chi connectivity index (χ1n) is 6.51. The summed E-state index contributed by atoms with van der Waals surface area (Å²) in [5.74, 6) is 0.552. The largest absolute Gasteiger partial charge is 0.465 e. The van der Waals surface area contributed by atoms with Gasteiger partial charge in [0, 0.05) is 0 Å². The van der Waals surface area contributed by atoms with Crippen LogP contribution in [-0.4, -0.2) is 12.6 Å². The normalized spacial score (nSPS) is 13.9. The second-order valence-electron chi connectivity index (χ2n) is 5.69. The van der Waals surface area contributed by atoms with Crippen LogP contribution < -0.4 is 0 Å². The minimum Gasteiger partial charge on any atom is -0.465 e. The van der Waals surface area contributed by atoms with Crippen LogP contribution in [0.1, 0.15) is 60.8 Å². The fourth-order valence-corrected chi connectivity index (χ4v) is 1.76. The standard InChI is InChI=1S/C14H28O2/c1-7-9-16-13(15)12(10-11(3)4)14(5,6)8-2/h11-12H,7-10H2,1-6H3. The zero-order valence-electron chi connectivity index (χ0n) is 11.8. The van der Waals surface area contributed by atoms with Crippen LogP contribution in [0.15, 0.2) is 0 Å². The second kappa shape index (κ2) is 6.93. The third-order valence-corrected chi connectivity index (χ3v) is 3.29. The molecular formula is C14H28O2. The van der Waals surface area contributed by atoms with Crippen molar-refractivity contribution in [1.29, 1.82) is 0 Å². The summed E-state index contributed by atoms with van der Waals surface area (Å²) in [6, 6.07) is 0. The molecule has 0 fully saturated rings. The molecule has 0 aliphatic heterocycles. The average molecular weight is 228 g/mol. The molecule has 0 aromatic heterocycles. The van der Waals surface area contributed by atoms with Crippen molar-refractivity contribution in [3.05, 3.63) is 0 Å². The minimum absolute atomic E-state index is 0.0117. The number of ether oxygens (including phenoxy) is 1. The fourth-order valence-electron chi connectivity index (χ4n) is 1.76. The van der Waals surface area contributed by atoms with Gasteiger partial charge in [0.05, 0.1) is 12.5 Å². The lowest BCUT2D eigenvalue weighted by Gasteiger charge is -2.32. The third kappa shape index (κ3) is 5.00. The summed E-state index contributed by atoms with van der Waals surface area (Å²) in [5.41, 5.74) is 0.0368. The Balaban J connectivity index is 4.59. The molecule has 0 radical (unpaired) electrons. The third-order valence-electron chi connectivity index (χ3n) is 3.29. The van der Waals surface area contributed by atoms with Gasteiger partial charge in [-0.1, -0.05) is 48.0 Å². The Bertz CT molecular complexity index is 207. The van der Waals surface area contributed by atoms with Gasteiger partial charge in [0.2, 0.25) is 0 Å². The molecule has 1 unspecified atom stereocenters. The number of carbonyl (C=O) groups is 1. The van der Waals surface area contributed by atoms with E-state index >= 15 is 0 Å². The maximum atomic E-state index is 12.0. The van der Waals surface area contributed by atoms with Crippen molar-refractivity contribution in [3.63, 3.8) is 0 Å². The van der Waals surface area contributed by atoms with E-state index in [9.17, 15) is 4.79 Å². The molecule has 0 N–H and O–H groups in total. The molecular weight excluding hydrogens is 200 g/mol. The zero-order chi connectivity index (χ0) is 12.8. The van der Waals surface area contributed by atoms with Crippen LogP contribution in [0, 0.1) is 17.3 Å². The highest BCUT2D eigenvalue weighted by Crippen LogP contribution is 2.35. The lowest BCUT2D eigenvalue weighted by molar-refractivity contribution is -0.153. The molecule has 0 amide bonds. The van der Waals surface area contributed by atoms with Crippen molar-refractivity contribution >= 4 is 5.97 Å². The van der Waals surface area contributed by atoms with E-state index in [1.54, 1.807) is 0 Å². The predicted molar refractivity (Wildman–Crippen MR) is 68.3 cm³/mol. The van der Waals surface area contributed by atoms with Gasteiger partial charge in [-0.25, -0.2) is 0 Å². The molecule has 0 bridgehead atoms. The Hall–Kier alpha value is -0.530. The van der Waals surface area contributed by atoms with E-state index in [1.165, 1.54) is 0 Å². The van der Waals surface area contributed by atoms with Crippen molar-refractivity contribution in [2.24, 2.45) is 17.3 Å². The molecule has 2 nitrogen and oxygen atoms in total. The zero-order valence-corrected chi connectivity index (χ0v) is 11.8. The van der Waals surface area contributed by atoms with Crippen molar-refractivity contribution in [1.82, 2.24) is 0 Å². The summed E-state index contributed by atoms with van der Waals surface area (Å²) in [4.78, 5) is 12.0. The van der Waals surface area contributed by atoms with Crippen molar-refractivity contribution in [3.8, 4) is 0 Å². The first-order valence-corrected chi connectivity index (χ1v) is 6.51. The van der Waals surface area contributed by atoms with E-state index in [0.717, 1.165) is 19.3 Å². The molecule has 0 aliphatic carbocycles. The van der Waals surface area contributed by atoms with E-state index in [0.29, 0.717) is 12.5 Å². The lowest BCUT2D eigenvalue weighted by atomic mass is 9.73. The molecule has 0 saturated carbocycles. The molecule has 0 aromatic rings. The number of rotatable bonds is 7. The molecule has 0 spiro atoms. The SMILES string of the molecule is CCCOC(=O)C(CC(C)C)C(C)(C)CC. The second-order valence-corrected chi connectivity index (χ2v) is 5.69. The van der Waals surface area contributed by atoms with Gasteiger partial charge < -0.3 is 4.74 Å². The van der Waals surface area contributed by atoms with Crippen molar-refractivity contribution < 1.29 is 9.53 Å². The van der Waals surface area contributed by atoms with Crippen molar-refractivity contribution in [2.75, 3.05) is 6.61 Å². The minimum atomic E-state index is -0.0117. The Morgan fingerprint density at radius 2 is 1.81 bits per heavy atom. The molecule has 2 heteroatoms. The van der Waals surface area contributed by atoms with Gasteiger partial charge in [-0.2, -0.15) is 0 Å². The van der Waals surface area contributed by atoms with Gasteiger partial charge in [-0.15, -0.1) is 0 Å². The number of carbonyl (C=O) groups excluding carboxylic acids is 1. The van der Waals surface area contributed by atoms with Crippen LogP contribution in [0.4, 0.5) is 0 Å². The van der Waals surface area contributed by atoms with Gasteiger partial charge in [0.25, 0.3) is 0 Å². The highest BCUT2D eigenvalue weighted by Gasteiger charge is 2.35. The number of hydrogen-bond acceptors (Lipinski definition) is 2. The lowest BCUT2D eigenvalue weighted by Crippen LogP contribution is -2.33. The summed E-state index contributed by atoms with van der Waals surface area (Å²) < 4.78 is 5.30. The van der Waals surface area contributed by atoms with Gasteiger partial charge in [-0.3, -0.25) is 4.79 Å². The molecule has 96 valence electrons. The van der Waals surface area contributed by atoms with E-state index in [4.69, 9.17) is 4.74 Å². The molecule has 0 aromatic carbocycles. The summed E-state index contributed by atoms with van der Waals surface area (Å²) in [6.45, 7) is 13.3. The molecule has 1 atom stereocenters. The quantitative estimate of drug-likeness (QED) is 0.615. The molecule has 0 heterocycles. The Morgan fingerprint density at radius 3 is 2.19 bits per heavy atom. The van der Waals surface area contributed by atoms with Crippen LogP contribution in [0.2, 0.25) is 0 Å². The fraction of sp³-hybridized carbons (Fsp3) is 0.929. The monoisotopic (exact) mass is 228 g/mol. The van der Waals surface area contributed by atoms with E-state index in [1.807, 2.05) is 6.92 Å². The van der Waals surface area contributed by atoms with E-state index in [-0.39, 0.29) is 17.3 Å². The highest BCUT2D eigenvalue weighted by molar-refractivity contribution is 5.73. The van der Waals surface area contributed by atoms with Crippen LogP contribution in [-0.2, 0) is 9.53 Å². The Labute approximate surface area is 101 Å². The van der Waals surface area contributed by atoms with Crippen LogP contribution in [0.25, 0.3) is 0 Å². The molecule has 16 heavy (non-hydrogen) atoms. The maximum Gasteiger partial charge on any atom is 0.309 e. The van der Waals surface area contributed by atoms with Crippen LogP contribution in [0.5, 0.6) is 0 Å². The van der Waals surface area contributed by atoms with Crippen LogP contribution in [0.3, 0.4) is 0 Å². The molecule has 0 aliphatic rings. The Kier molecular flexibility index (Phi) is 6.70. The van der Waals surface area contributed by atoms with E-state index in [2.05, 4.69) is 34.6 Å². The van der Waals surface area contributed by atoms with E-state index < -0.39 is 0 Å².